The van der Waals surface area contributed by atoms with Gasteiger partial charge in [0.25, 0.3) is 0 Å². The lowest BCUT2D eigenvalue weighted by Crippen LogP contribution is -2.10. The van der Waals surface area contributed by atoms with Gasteiger partial charge in [-0.1, -0.05) is 146 Å². The molecule has 1 aromatic heterocycles. The molecule has 0 radical (unpaired) electrons. The number of para-hydroxylation sites is 3. The predicted octanol–water partition coefficient (Wildman–Crippen LogP) is 12.7. The molecule has 0 unspecified atom stereocenters. The number of benzene rings is 8. The SMILES string of the molecule is c1ccc(N(c2cccc(-c3cccc4c3oc3c(-c5cccc6ccccc56)cccc34)c2)c2cccc3ccccc23)cc1. The molecule has 0 saturated heterocycles. The summed E-state index contributed by atoms with van der Waals surface area (Å²) in [6.45, 7) is 0. The first-order chi connectivity index (χ1) is 22.8. The summed E-state index contributed by atoms with van der Waals surface area (Å²) in [6, 6.07) is 62.5. The highest BCUT2D eigenvalue weighted by Crippen LogP contribution is 2.43. The second-order valence-electron chi connectivity index (χ2n) is 11.7. The molecule has 9 rings (SSSR count). The standard InChI is InChI=1S/C44H29NO/c1-2-18-33(19-3-1)45(42-28-10-16-31-14-5-7-22-36(31)42)34-20-8-17-32(29-34)37-23-11-26-40-41-27-12-25-39(44(41)46-43(37)40)38-24-9-15-30-13-4-6-21-35(30)38/h1-29H. The molecule has 0 fully saturated rings. The maximum Gasteiger partial charge on any atom is 0.143 e. The van der Waals surface area contributed by atoms with Gasteiger partial charge in [-0.2, -0.15) is 0 Å². The lowest BCUT2D eigenvalue weighted by molar-refractivity contribution is 0.671. The van der Waals surface area contributed by atoms with Gasteiger partial charge in [-0.3, -0.25) is 0 Å². The van der Waals surface area contributed by atoms with Gasteiger partial charge in [-0.15, -0.1) is 0 Å². The molecule has 2 nitrogen and oxygen atoms in total. The van der Waals surface area contributed by atoms with Crippen LogP contribution in [0.15, 0.2) is 180 Å². The van der Waals surface area contributed by atoms with E-state index in [1.165, 1.54) is 27.1 Å². The van der Waals surface area contributed by atoms with Crippen molar-refractivity contribution in [3.05, 3.63) is 176 Å². The fourth-order valence-corrected chi connectivity index (χ4v) is 6.94. The minimum absolute atomic E-state index is 0.902. The molecule has 9 aromatic rings. The number of rotatable bonds is 5. The Morgan fingerprint density at radius 3 is 1.67 bits per heavy atom. The third-order valence-electron chi connectivity index (χ3n) is 9.04. The third kappa shape index (κ3) is 4.27. The number of anilines is 3. The minimum atomic E-state index is 0.902. The Bertz CT molecular complexity index is 2530. The fourth-order valence-electron chi connectivity index (χ4n) is 6.94. The molecule has 0 atom stereocenters. The van der Waals surface area contributed by atoms with E-state index in [1.54, 1.807) is 0 Å². The third-order valence-corrected chi connectivity index (χ3v) is 9.04. The summed E-state index contributed by atoms with van der Waals surface area (Å²) < 4.78 is 6.89. The molecule has 0 bridgehead atoms. The van der Waals surface area contributed by atoms with Gasteiger partial charge in [-0.05, 0) is 57.6 Å². The van der Waals surface area contributed by atoms with Crippen LogP contribution >= 0.6 is 0 Å². The largest absolute Gasteiger partial charge is 0.455 e. The van der Waals surface area contributed by atoms with Crippen molar-refractivity contribution in [3.8, 4) is 22.3 Å². The molecule has 0 spiro atoms. The minimum Gasteiger partial charge on any atom is -0.455 e. The zero-order valence-electron chi connectivity index (χ0n) is 25.1. The van der Waals surface area contributed by atoms with Gasteiger partial charge in [0.15, 0.2) is 0 Å². The quantitative estimate of drug-likeness (QED) is 0.199. The molecule has 0 N–H and O–H groups in total. The lowest BCUT2D eigenvalue weighted by atomic mass is 9.96. The summed E-state index contributed by atoms with van der Waals surface area (Å²) in [4.78, 5) is 2.35. The molecule has 0 amide bonds. The van der Waals surface area contributed by atoms with Crippen molar-refractivity contribution >= 4 is 60.5 Å². The lowest BCUT2D eigenvalue weighted by Gasteiger charge is -2.27. The van der Waals surface area contributed by atoms with E-state index in [0.717, 1.165) is 55.7 Å². The van der Waals surface area contributed by atoms with Crippen LogP contribution < -0.4 is 4.90 Å². The number of hydrogen-bond donors (Lipinski definition) is 0. The molecule has 46 heavy (non-hydrogen) atoms. The van der Waals surface area contributed by atoms with Crippen LogP contribution in [0, 0.1) is 0 Å². The van der Waals surface area contributed by atoms with Crippen molar-refractivity contribution in [1.82, 2.24) is 0 Å². The summed E-state index contributed by atoms with van der Waals surface area (Å²) in [5, 5.41) is 7.11. The number of furan rings is 1. The van der Waals surface area contributed by atoms with Crippen molar-refractivity contribution in [2.24, 2.45) is 0 Å². The smallest absolute Gasteiger partial charge is 0.143 e. The van der Waals surface area contributed by atoms with Crippen LogP contribution in [-0.4, -0.2) is 0 Å². The summed E-state index contributed by atoms with van der Waals surface area (Å²) in [7, 11) is 0. The Kier molecular flexibility index (Phi) is 6.17. The van der Waals surface area contributed by atoms with Crippen molar-refractivity contribution in [2.75, 3.05) is 4.90 Å². The second-order valence-corrected chi connectivity index (χ2v) is 11.7. The molecule has 0 aliphatic heterocycles. The zero-order valence-corrected chi connectivity index (χ0v) is 25.1. The van der Waals surface area contributed by atoms with Gasteiger partial charge in [0.05, 0.1) is 5.69 Å². The first-order valence-corrected chi connectivity index (χ1v) is 15.7. The van der Waals surface area contributed by atoms with E-state index in [-0.39, 0.29) is 0 Å². The van der Waals surface area contributed by atoms with E-state index >= 15 is 0 Å². The Morgan fingerprint density at radius 2 is 0.870 bits per heavy atom. The van der Waals surface area contributed by atoms with Crippen molar-refractivity contribution in [3.63, 3.8) is 0 Å². The Balaban J connectivity index is 1.24. The molecule has 2 heteroatoms. The summed E-state index contributed by atoms with van der Waals surface area (Å²) >= 11 is 0. The highest BCUT2D eigenvalue weighted by atomic mass is 16.3. The van der Waals surface area contributed by atoms with Crippen LogP contribution in [0.25, 0.3) is 65.7 Å². The first-order valence-electron chi connectivity index (χ1n) is 15.7. The van der Waals surface area contributed by atoms with E-state index in [9.17, 15) is 0 Å². The van der Waals surface area contributed by atoms with Crippen LogP contribution in [0.3, 0.4) is 0 Å². The predicted molar refractivity (Wildman–Crippen MR) is 194 cm³/mol. The molecular formula is C44H29NO. The van der Waals surface area contributed by atoms with Gasteiger partial charge in [0.1, 0.15) is 11.2 Å². The summed E-state index contributed by atoms with van der Waals surface area (Å²) in [6.07, 6.45) is 0. The van der Waals surface area contributed by atoms with Crippen LogP contribution in [0.1, 0.15) is 0 Å². The number of fused-ring (bicyclic) bond motifs is 5. The van der Waals surface area contributed by atoms with Crippen molar-refractivity contribution in [2.45, 2.75) is 0 Å². The Morgan fingerprint density at radius 1 is 0.348 bits per heavy atom. The highest BCUT2D eigenvalue weighted by molar-refractivity contribution is 6.15. The van der Waals surface area contributed by atoms with Crippen LogP contribution in [0.4, 0.5) is 17.1 Å². The summed E-state index contributed by atoms with van der Waals surface area (Å²) in [5.74, 6) is 0. The molecule has 1 heterocycles. The van der Waals surface area contributed by atoms with E-state index < -0.39 is 0 Å². The molecule has 0 saturated carbocycles. The molecular weight excluding hydrogens is 558 g/mol. The van der Waals surface area contributed by atoms with Crippen molar-refractivity contribution in [1.29, 1.82) is 0 Å². The van der Waals surface area contributed by atoms with Gasteiger partial charge < -0.3 is 9.32 Å². The van der Waals surface area contributed by atoms with E-state index in [4.69, 9.17) is 4.42 Å². The highest BCUT2D eigenvalue weighted by Gasteiger charge is 2.19. The summed E-state index contributed by atoms with van der Waals surface area (Å²) in [5.41, 5.74) is 9.62. The normalized spacial score (nSPS) is 11.5. The average molecular weight is 588 g/mol. The monoisotopic (exact) mass is 587 g/mol. The molecule has 216 valence electrons. The number of nitrogens with zero attached hydrogens (tertiary/aromatic N) is 1. The van der Waals surface area contributed by atoms with Crippen LogP contribution in [-0.2, 0) is 0 Å². The van der Waals surface area contributed by atoms with Gasteiger partial charge in [-0.25, -0.2) is 0 Å². The Labute approximate surface area is 267 Å². The maximum atomic E-state index is 6.89. The van der Waals surface area contributed by atoms with Gasteiger partial charge >= 0.3 is 0 Å². The first kappa shape index (κ1) is 26.3. The maximum absolute atomic E-state index is 6.89. The fraction of sp³-hybridized carbons (Fsp3) is 0. The molecule has 0 aliphatic carbocycles. The van der Waals surface area contributed by atoms with E-state index in [2.05, 4.69) is 181 Å². The Hall–Kier alpha value is -6.12. The van der Waals surface area contributed by atoms with Gasteiger partial charge in [0, 0.05) is 38.7 Å². The molecule has 8 aromatic carbocycles. The topological polar surface area (TPSA) is 16.4 Å². The number of hydrogen-bond acceptors (Lipinski definition) is 2. The van der Waals surface area contributed by atoms with Gasteiger partial charge in [0.2, 0.25) is 0 Å². The van der Waals surface area contributed by atoms with E-state index in [0.29, 0.717) is 0 Å². The van der Waals surface area contributed by atoms with Crippen LogP contribution in [0.5, 0.6) is 0 Å². The van der Waals surface area contributed by atoms with Crippen LogP contribution in [0.2, 0.25) is 0 Å². The van der Waals surface area contributed by atoms with Crippen molar-refractivity contribution < 1.29 is 4.42 Å². The zero-order chi connectivity index (χ0) is 30.5. The average Bonchev–Trinajstić information content (AvgIpc) is 3.52. The van der Waals surface area contributed by atoms with E-state index in [1.807, 2.05) is 0 Å². The second kappa shape index (κ2) is 10.8. The molecule has 0 aliphatic rings.